The number of nitrogens with zero attached hydrogens (tertiary/aromatic N) is 1. The normalized spacial score (nSPS) is 17.9. The number of rotatable bonds is 3. The molecule has 100 valence electrons. The van der Waals surface area contributed by atoms with Gasteiger partial charge in [0.1, 0.15) is 4.90 Å². The molecule has 0 amide bonds. The summed E-state index contributed by atoms with van der Waals surface area (Å²) in [6, 6.07) is 5.15. The minimum atomic E-state index is -3.50. The van der Waals surface area contributed by atoms with Crippen molar-refractivity contribution in [2.24, 2.45) is 0 Å². The Hall–Kier alpha value is -0.620. The van der Waals surface area contributed by atoms with Crippen LogP contribution in [0.25, 0.3) is 0 Å². The first-order chi connectivity index (χ1) is 8.55. The molecule has 0 N–H and O–H groups in total. The summed E-state index contributed by atoms with van der Waals surface area (Å²) in [5.41, 5.74) is 0.964. The molecule has 0 bridgehead atoms. The number of hydrogen-bond donors (Lipinski definition) is 0. The highest BCUT2D eigenvalue weighted by molar-refractivity contribution is 7.89. The van der Waals surface area contributed by atoms with Crippen molar-refractivity contribution in [2.45, 2.75) is 18.2 Å². The van der Waals surface area contributed by atoms with Crippen LogP contribution in [0.1, 0.15) is 12.5 Å². The number of aryl methyl sites for hydroxylation is 1. The smallest absolute Gasteiger partial charge is 0.244 e. The third kappa shape index (κ3) is 2.69. The molecule has 0 aromatic heterocycles. The van der Waals surface area contributed by atoms with Crippen LogP contribution in [0.5, 0.6) is 0 Å². The Morgan fingerprint density at radius 3 is 2.61 bits per heavy atom. The summed E-state index contributed by atoms with van der Waals surface area (Å²) in [6.45, 7) is 3.62. The molecule has 1 aromatic carbocycles. The number of benzene rings is 1. The molecule has 1 heterocycles. The highest BCUT2D eigenvalue weighted by Crippen LogP contribution is 2.26. The molecular weight excluding hydrogens is 274 g/mol. The fourth-order valence-electron chi connectivity index (χ4n) is 1.89. The Kier molecular flexibility index (Phi) is 4.27. The Bertz CT molecular complexity index is 524. The Balaban J connectivity index is 2.39. The van der Waals surface area contributed by atoms with E-state index in [0.717, 1.165) is 12.0 Å². The SMILES string of the molecule is CCc1ccc(Cl)c(S(=O)(=O)N2CCOCC2)c1. The van der Waals surface area contributed by atoms with E-state index in [4.69, 9.17) is 16.3 Å². The summed E-state index contributed by atoms with van der Waals surface area (Å²) in [7, 11) is -3.50. The van der Waals surface area contributed by atoms with Crippen LogP contribution in [-0.4, -0.2) is 39.0 Å². The van der Waals surface area contributed by atoms with Gasteiger partial charge < -0.3 is 4.74 Å². The largest absolute Gasteiger partial charge is 0.379 e. The third-order valence-electron chi connectivity index (χ3n) is 2.99. The van der Waals surface area contributed by atoms with Crippen molar-refractivity contribution in [2.75, 3.05) is 26.3 Å². The zero-order valence-corrected chi connectivity index (χ0v) is 11.8. The van der Waals surface area contributed by atoms with Crippen LogP contribution in [0, 0.1) is 0 Å². The van der Waals surface area contributed by atoms with Gasteiger partial charge in [-0.1, -0.05) is 24.6 Å². The average Bonchev–Trinajstić information content (AvgIpc) is 2.40. The molecule has 0 radical (unpaired) electrons. The van der Waals surface area contributed by atoms with E-state index in [-0.39, 0.29) is 9.92 Å². The van der Waals surface area contributed by atoms with Gasteiger partial charge >= 0.3 is 0 Å². The molecule has 0 unspecified atom stereocenters. The maximum absolute atomic E-state index is 12.5. The van der Waals surface area contributed by atoms with Crippen LogP contribution in [-0.2, 0) is 21.2 Å². The first kappa shape index (κ1) is 13.8. The van der Waals surface area contributed by atoms with Gasteiger partial charge in [0, 0.05) is 13.1 Å². The molecule has 1 saturated heterocycles. The number of sulfonamides is 1. The lowest BCUT2D eigenvalue weighted by atomic mass is 10.2. The van der Waals surface area contributed by atoms with Gasteiger partial charge in [0.2, 0.25) is 10.0 Å². The van der Waals surface area contributed by atoms with Crippen LogP contribution >= 0.6 is 11.6 Å². The zero-order chi connectivity index (χ0) is 13.2. The van der Waals surface area contributed by atoms with E-state index in [0.29, 0.717) is 26.3 Å². The molecule has 0 saturated carbocycles. The molecule has 18 heavy (non-hydrogen) atoms. The van der Waals surface area contributed by atoms with Crippen molar-refractivity contribution >= 4 is 21.6 Å². The molecule has 1 aromatic rings. The predicted octanol–water partition coefficient (Wildman–Crippen LogP) is 1.92. The van der Waals surface area contributed by atoms with E-state index >= 15 is 0 Å². The first-order valence-electron chi connectivity index (χ1n) is 5.92. The molecule has 1 fully saturated rings. The lowest BCUT2D eigenvalue weighted by molar-refractivity contribution is 0.0730. The molecule has 1 aliphatic rings. The Labute approximate surface area is 113 Å². The van der Waals surface area contributed by atoms with E-state index < -0.39 is 10.0 Å². The second-order valence-electron chi connectivity index (χ2n) is 4.13. The maximum Gasteiger partial charge on any atom is 0.244 e. The lowest BCUT2D eigenvalue weighted by Gasteiger charge is -2.26. The minimum absolute atomic E-state index is 0.199. The van der Waals surface area contributed by atoms with Crippen molar-refractivity contribution in [3.05, 3.63) is 28.8 Å². The third-order valence-corrected chi connectivity index (χ3v) is 5.37. The topological polar surface area (TPSA) is 46.6 Å². The Morgan fingerprint density at radius 2 is 2.00 bits per heavy atom. The maximum atomic E-state index is 12.5. The number of morpholine rings is 1. The predicted molar refractivity (Wildman–Crippen MR) is 70.4 cm³/mol. The van der Waals surface area contributed by atoms with E-state index in [9.17, 15) is 8.42 Å². The van der Waals surface area contributed by atoms with Gasteiger partial charge in [-0.25, -0.2) is 8.42 Å². The summed E-state index contributed by atoms with van der Waals surface area (Å²) >= 11 is 6.02. The number of hydrogen-bond acceptors (Lipinski definition) is 3. The lowest BCUT2D eigenvalue weighted by Crippen LogP contribution is -2.40. The van der Waals surface area contributed by atoms with Gasteiger partial charge in [-0.05, 0) is 24.1 Å². The fraction of sp³-hybridized carbons (Fsp3) is 0.500. The highest BCUT2D eigenvalue weighted by Gasteiger charge is 2.28. The Morgan fingerprint density at radius 1 is 1.33 bits per heavy atom. The van der Waals surface area contributed by atoms with Crippen LogP contribution in [0.3, 0.4) is 0 Å². The van der Waals surface area contributed by atoms with Crippen molar-refractivity contribution in [1.82, 2.24) is 4.31 Å². The van der Waals surface area contributed by atoms with Crippen molar-refractivity contribution < 1.29 is 13.2 Å². The summed E-state index contributed by atoms with van der Waals surface area (Å²) in [6.07, 6.45) is 0.781. The van der Waals surface area contributed by atoms with E-state index in [1.807, 2.05) is 13.0 Å². The van der Waals surface area contributed by atoms with Gasteiger partial charge in [0.15, 0.2) is 0 Å². The second kappa shape index (κ2) is 5.57. The first-order valence-corrected chi connectivity index (χ1v) is 7.74. The van der Waals surface area contributed by atoms with Crippen molar-refractivity contribution in [3.8, 4) is 0 Å². The average molecular weight is 290 g/mol. The molecule has 2 rings (SSSR count). The summed E-state index contributed by atoms with van der Waals surface area (Å²) in [5, 5.41) is 0.277. The molecule has 6 heteroatoms. The molecule has 0 atom stereocenters. The van der Waals surface area contributed by atoms with E-state index in [2.05, 4.69) is 0 Å². The molecule has 1 aliphatic heterocycles. The summed E-state index contributed by atoms with van der Waals surface area (Å²) < 4.78 is 31.5. The standard InChI is InChI=1S/C12H16ClNO3S/c1-2-10-3-4-11(13)12(9-10)18(15,16)14-5-7-17-8-6-14/h3-4,9H,2,5-8H2,1H3. The quantitative estimate of drug-likeness (QED) is 0.854. The number of halogens is 1. The van der Waals surface area contributed by atoms with Crippen LogP contribution in [0.15, 0.2) is 23.1 Å². The van der Waals surface area contributed by atoms with Crippen LogP contribution in [0.2, 0.25) is 5.02 Å². The van der Waals surface area contributed by atoms with E-state index in [1.165, 1.54) is 4.31 Å². The van der Waals surface area contributed by atoms with Gasteiger partial charge in [-0.2, -0.15) is 4.31 Å². The zero-order valence-electron chi connectivity index (χ0n) is 10.2. The monoisotopic (exact) mass is 289 g/mol. The van der Waals surface area contributed by atoms with Gasteiger partial charge in [-0.3, -0.25) is 0 Å². The van der Waals surface area contributed by atoms with Crippen molar-refractivity contribution in [3.63, 3.8) is 0 Å². The van der Waals surface area contributed by atoms with Gasteiger partial charge in [0.25, 0.3) is 0 Å². The van der Waals surface area contributed by atoms with Crippen LogP contribution < -0.4 is 0 Å². The highest BCUT2D eigenvalue weighted by atomic mass is 35.5. The van der Waals surface area contributed by atoms with Crippen LogP contribution in [0.4, 0.5) is 0 Å². The van der Waals surface area contributed by atoms with Crippen molar-refractivity contribution in [1.29, 1.82) is 0 Å². The molecule has 4 nitrogen and oxygen atoms in total. The van der Waals surface area contributed by atoms with E-state index in [1.54, 1.807) is 12.1 Å². The number of ether oxygens (including phenoxy) is 1. The minimum Gasteiger partial charge on any atom is -0.379 e. The molecule has 0 spiro atoms. The molecule has 0 aliphatic carbocycles. The van der Waals surface area contributed by atoms with Gasteiger partial charge in [-0.15, -0.1) is 0 Å². The summed E-state index contributed by atoms with van der Waals surface area (Å²) in [4.78, 5) is 0.199. The fourth-order valence-corrected chi connectivity index (χ4v) is 3.82. The second-order valence-corrected chi connectivity index (χ2v) is 6.45. The molecular formula is C12H16ClNO3S. The van der Waals surface area contributed by atoms with Gasteiger partial charge in [0.05, 0.1) is 18.2 Å². The summed E-state index contributed by atoms with van der Waals surface area (Å²) in [5.74, 6) is 0.